The molecule has 1 aliphatic heterocycles. The third kappa shape index (κ3) is 3.32. The minimum Gasteiger partial charge on any atom is -0.336 e. The van der Waals surface area contributed by atoms with E-state index in [0.29, 0.717) is 29.0 Å². The van der Waals surface area contributed by atoms with E-state index in [9.17, 15) is 18.5 Å². The first-order chi connectivity index (χ1) is 11.8. The summed E-state index contributed by atoms with van der Waals surface area (Å²) >= 11 is 1.00. The number of rotatable bonds is 5. The van der Waals surface area contributed by atoms with Crippen LogP contribution in [0, 0.1) is 17.0 Å². The first-order valence-corrected chi connectivity index (χ1v) is 9.70. The molecule has 1 saturated heterocycles. The summed E-state index contributed by atoms with van der Waals surface area (Å²) in [5.74, 6) is 6.28. The van der Waals surface area contributed by atoms with Crippen LogP contribution in [0.25, 0.3) is 0 Å². The lowest BCUT2D eigenvalue weighted by Crippen LogP contribution is -2.28. The Balaban J connectivity index is 2.08. The predicted molar refractivity (Wildman–Crippen MR) is 90.1 cm³/mol. The van der Waals surface area contributed by atoms with Crippen molar-refractivity contribution in [2.75, 3.05) is 18.9 Å². The number of aromatic nitrogens is 3. The summed E-state index contributed by atoms with van der Waals surface area (Å²) in [6, 6.07) is 3.74. The number of non-ortho nitro benzene ring substituents is 1. The molecule has 2 N–H and O–H groups in total. The lowest BCUT2D eigenvalue weighted by atomic mass is 10.3. The zero-order valence-corrected chi connectivity index (χ0v) is 15.0. The summed E-state index contributed by atoms with van der Waals surface area (Å²) in [6.45, 7) is 2.47. The maximum Gasteiger partial charge on any atom is 0.270 e. The van der Waals surface area contributed by atoms with Crippen LogP contribution in [0.4, 0.5) is 5.69 Å². The molecular weight excluding hydrogens is 368 g/mol. The lowest BCUT2D eigenvalue weighted by Gasteiger charge is -2.17. The molecule has 1 fully saturated rings. The molecule has 1 aliphatic rings. The third-order valence-corrected chi connectivity index (χ3v) is 6.96. The molecule has 134 valence electrons. The predicted octanol–water partition coefficient (Wildman–Crippen LogP) is 1.14. The second-order valence-electron chi connectivity index (χ2n) is 5.50. The number of hydrogen-bond donors (Lipinski definition) is 1. The molecule has 1 aromatic carbocycles. The zero-order valence-electron chi connectivity index (χ0n) is 13.3. The molecule has 3 rings (SSSR count). The van der Waals surface area contributed by atoms with Gasteiger partial charge in [0.05, 0.1) is 4.92 Å². The number of nitrogen functional groups attached to an aromatic ring is 1. The number of aryl methyl sites for hydroxylation is 1. The lowest BCUT2D eigenvalue weighted by molar-refractivity contribution is -0.385. The Labute approximate surface area is 148 Å². The molecule has 25 heavy (non-hydrogen) atoms. The van der Waals surface area contributed by atoms with E-state index in [0.717, 1.165) is 30.7 Å². The van der Waals surface area contributed by atoms with Crippen LogP contribution in [0.2, 0.25) is 0 Å². The van der Waals surface area contributed by atoms with Gasteiger partial charge in [0, 0.05) is 30.1 Å². The maximum absolute atomic E-state index is 12.9. The SMILES string of the molecule is Cc1nnc(Sc2ccc([N+](=O)[O-])cc2S(=O)(=O)N2CCCC2)n1N. The topological polar surface area (TPSA) is 137 Å². The van der Waals surface area contributed by atoms with E-state index < -0.39 is 14.9 Å². The summed E-state index contributed by atoms with van der Waals surface area (Å²) in [7, 11) is -3.84. The number of nitro groups is 1. The minimum absolute atomic E-state index is 0.116. The van der Waals surface area contributed by atoms with Gasteiger partial charge in [-0.3, -0.25) is 10.1 Å². The molecule has 2 aromatic rings. The Morgan fingerprint density at radius 3 is 2.52 bits per heavy atom. The Morgan fingerprint density at radius 2 is 1.96 bits per heavy atom. The minimum atomic E-state index is -3.84. The van der Waals surface area contributed by atoms with Gasteiger partial charge in [0.2, 0.25) is 15.2 Å². The fraction of sp³-hybridized carbons (Fsp3) is 0.385. The molecular formula is C13H16N6O4S2. The van der Waals surface area contributed by atoms with Crippen LogP contribution >= 0.6 is 11.8 Å². The monoisotopic (exact) mass is 384 g/mol. The van der Waals surface area contributed by atoms with Gasteiger partial charge in [0.1, 0.15) is 10.7 Å². The molecule has 0 amide bonds. The normalized spacial score (nSPS) is 15.6. The van der Waals surface area contributed by atoms with Gasteiger partial charge in [-0.2, -0.15) is 4.31 Å². The van der Waals surface area contributed by atoms with Crippen molar-refractivity contribution in [3.8, 4) is 0 Å². The highest BCUT2D eigenvalue weighted by atomic mass is 32.2. The van der Waals surface area contributed by atoms with Crippen molar-refractivity contribution in [2.24, 2.45) is 0 Å². The quantitative estimate of drug-likeness (QED) is 0.460. The molecule has 0 unspecified atom stereocenters. The first kappa shape index (κ1) is 17.6. The number of nitrogens with two attached hydrogens (primary N) is 1. The highest BCUT2D eigenvalue weighted by Crippen LogP contribution is 2.36. The van der Waals surface area contributed by atoms with Crippen LogP contribution < -0.4 is 5.84 Å². The van der Waals surface area contributed by atoms with Crippen molar-refractivity contribution in [1.82, 2.24) is 19.2 Å². The molecule has 0 atom stereocenters. The van der Waals surface area contributed by atoms with E-state index >= 15 is 0 Å². The first-order valence-electron chi connectivity index (χ1n) is 7.44. The number of hydrogen-bond acceptors (Lipinski definition) is 8. The van der Waals surface area contributed by atoms with Gasteiger partial charge in [-0.15, -0.1) is 10.2 Å². The molecule has 1 aromatic heterocycles. The van der Waals surface area contributed by atoms with Crippen LogP contribution in [0.3, 0.4) is 0 Å². The van der Waals surface area contributed by atoms with E-state index in [2.05, 4.69) is 10.2 Å². The zero-order chi connectivity index (χ0) is 18.2. The largest absolute Gasteiger partial charge is 0.336 e. The van der Waals surface area contributed by atoms with Gasteiger partial charge >= 0.3 is 0 Å². The smallest absolute Gasteiger partial charge is 0.270 e. The summed E-state index contributed by atoms with van der Waals surface area (Å²) in [4.78, 5) is 10.7. The molecule has 0 aliphatic carbocycles. The molecule has 0 saturated carbocycles. The maximum atomic E-state index is 12.9. The van der Waals surface area contributed by atoms with Gasteiger partial charge in [0.25, 0.3) is 5.69 Å². The van der Waals surface area contributed by atoms with Crippen molar-refractivity contribution in [2.45, 2.75) is 34.7 Å². The van der Waals surface area contributed by atoms with Crippen LogP contribution in [0.5, 0.6) is 0 Å². The van der Waals surface area contributed by atoms with E-state index in [1.54, 1.807) is 6.92 Å². The molecule has 0 spiro atoms. The van der Waals surface area contributed by atoms with E-state index in [1.165, 1.54) is 21.1 Å². The highest BCUT2D eigenvalue weighted by Gasteiger charge is 2.31. The third-order valence-electron chi connectivity index (χ3n) is 3.86. The van der Waals surface area contributed by atoms with Gasteiger partial charge in [-0.1, -0.05) is 0 Å². The Morgan fingerprint density at radius 1 is 1.28 bits per heavy atom. The Bertz CT molecular complexity index is 921. The fourth-order valence-corrected chi connectivity index (χ4v) is 5.34. The average molecular weight is 384 g/mol. The number of nitro benzene ring substituents is 1. The molecule has 0 radical (unpaired) electrons. The molecule has 12 heteroatoms. The second-order valence-corrected chi connectivity index (χ2v) is 8.42. The van der Waals surface area contributed by atoms with E-state index in [4.69, 9.17) is 5.84 Å². The number of benzene rings is 1. The number of nitrogens with zero attached hydrogens (tertiary/aromatic N) is 5. The van der Waals surface area contributed by atoms with Gasteiger partial charge in [0.15, 0.2) is 0 Å². The van der Waals surface area contributed by atoms with Gasteiger partial charge in [-0.25, -0.2) is 13.1 Å². The average Bonchev–Trinajstić information content (AvgIpc) is 3.21. The van der Waals surface area contributed by atoms with Crippen LogP contribution in [-0.2, 0) is 10.0 Å². The van der Waals surface area contributed by atoms with Crippen LogP contribution in [0.1, 0.15) is 18.7 Å². The molecule has 2 heterocycles. The Kier molecular flexibility index (Phi) is 4.67. The van der Waals surface area contributed by atoms with Crippen molar-refractivity contribution in [3.05, 3.63) is 34.1 Å². The van der Waals surface area contributed by atoms with Crippen molar-refractivity contribution >= 4 is 27.5 Å². The summed E-state index contributed by atoms with van der Waals surface area (Å²) in [5.41, 5.74) is -0.285. The van der Waals surface area contributed by atoms with Crippen molar-refractivity contribution in [3.63, 3.8) is 0 Å². The van der Waals surface area contributed by atoms with Gasteiger partial charge < -0.3 is 5.84 Å². The number of sulfonamides is 1. The van der Waals surface area contributed by atoms with Gasteiger partial charge in [-0.05, 0) is 37.6 Å². The fourth-order valence-electron chi connectivity index (χ4n) is 2.48. The summed E-state index contributed by atoms with van der Waals surface area (Å²) < 4.78 is 28.4. The summed E-state index contributed by atoms with van der Waals surface area (Å²) in [5, 5.41) is 19.1. The van der Waals surface area contributed by atoms with Crippen LogP contribution in [0.15, 0.2) is 33.1 Å². The molecule has 10 nitrogen and oxygen atoms in total. The molecule has 0 bridgehead atoms. The van der Waals surface area contributed by atoms with E-state index in [-0.39, 0.29) is 10.6 Å². The van der Waals surface area contributed by atoms with Crippen LogP contribution in [-0.4, -0.2) is 45.6 Å². The standard InChI is InChI=1S/C13H16N6O4S2/c1-9-15-16-13(18(9)14)24-11-5-4-10(19(20)21)8-12(11)25(22,23)17-6-2-3-7-17/h4-5,8H,2-3,6-7,14H2,1H3. The van der Waals surface area contributed by atoms with Crippen molar-refractivity contribution < 1.29 is 13.3 Å². The Hall–Kier alpha value is -2.18. The second kappa shape index (κ2) is 6.61. The van der Waals surface area contributed by atoms with Crippen molar-refractivity contribution in [1.29, 1.82) is 0 Å². The highest BCUT2D eigenvalue weighted by molar-refractivity contribution is 8.00. The van der Waals surface area contributed by atoms with E-state index in [1.807, 2.05) is 0 Å². The summed E-state index contributed by atoms with van der Waals surface area (Å²) in [6.07, 6.45) is 1.54.